The van der Waals surface area contributed by atoms with Crippen molar-refractivity contribution in [2.24, 2.45) is 0 Å². The van der Waals surface area contributed by atoms with Crippen LogP contribution in [0.15, 0.2) is 6.33 Å². The molecule has 5 heteroatoms. The molecule has 1 aromatic rings. The lowest BCUT2D eigenvalue weighted by molar-refractivity contribution is 0.113. The molecule has 1 saturated heterocycles. The van der Waals surface area contributed by atoms with Crippen molar-refractivity contribution in [3.63, 3.8) is 0 Å². The first-order chi connectivity index (χ1) is 7.31. The highest BCUT2D eigenvalue weighted by Crippen LogP contribution is 2.12. The molecule has 0 aromatic carbocycles. The Balaban J connectivity index is 1.87. The number of rotatable bonds is 4. The Labute approximate surface area is 89.8 Å². The Morgan fingerprint density at radius 1 is 1.67 bits per heavy atom. The predicted molar refractivity (Wildman–Crippen MR) is 56.4 cm³/mol. The summed E-state index contributed by atoms with van der Waals surface area (Å²) in [4.78, 5) is 4.22. The molecule has 0 aliphatic carbocycles. The second kappa shape index (κ2) is 4.72. The predicted octanol–water partition coefficient (Wildman–Crippen LogP) is 0.565. The van der Waals surface area contributed by atoms with Crippen molar-refractivity contribution >= 4 is 0 Å². The number of nitrogens with zero attached hydrogens (tertiary/aromatic N) is 3. The Kier molecular flexibility index (Phi) is 3.33. The van der Waals surface area contributed by atoms with Gasteiger partial charge in [-0.15, -0.1) is 0 Å². The van der Waals surface area contributed by atoms with Gasteiger partial charge in [0, 0.05) is 19.2 Å². The summed E-state index contributed by atoms with van der Waals surface area (Å²) in [7, 11) is 0. The van der Waals surface area contributed by atoms with E-state index in [4.69, 9.17) is 4.74 Å². The fourth-order valence-corrected chi connectivity index (χ4v) is 1.91. The van der Waals surface area contributed by atoms with Crippen LogP contribution in [0.3, 0.4) is 0 Å². The smallest absolute Gasteiger partial charge is 0.140 e. The molecule has 1 aliphatic rings. The summed E-state index contributed by atoms with van der Waals surface area (Å²) in [5, 5.41) is 7.59. The van der Waals surface area contributed by atoms with E-state index in [-0.39, 0.29) is 0 Å². The van der Waals surface area contributed by atoms with Gasteiger partial charge in [-0.25, -0.2) is 9.67 Å². The number of ether oxygens (including phenoxy) is 1. The molecule has 0 saturated carbocycles. The van der Waals surface area contributed by atoms with Crippen molar-refractivity contribution in [2.45, 2.75) is 45.5 Å². The summed E-state index contributed by atoms with van der Waals surface area (Å²) >= 11 is 0. The van der Waals surface area contributed by atoms with Crippen LogP contribution >= 0.6 is 0 Å². The molecule has 1 fully saturated rings. The second-order valence-electron chi connectivity index (χ2n) is 3.84. The highest BCUT2D eigenvalue weighted by atomic mass is 16.5. The molecule has 1 N–H and O–H groups in total. The van der Waals surface area contributed by atoms with E-state index in [1.54, 1.807) is 6.33 Å². The lowest BCUT2D eigenvalue weighted by atomic mass is 10.1. The summed E-state index contributed by atoms with van der Waals surface area (Å²) in [6.45, 7) is 6.67. The van der Waals surface area contributed by atoms with Crippen molar-refractivity contribution in [2.75, 3.05) is 6.61 Å². The van der Waals surface area contributed by atoms with Gasteiger partial charge in [0.1, 0.15) is 12.2 Å². The zero-order valence-electron chi connectivity index (χ0n) is 9.31. The van der Waals surface area contributed by atoms with Gasteiger partial charge in [-0.3, -0.25) is 0 Å². The molecule has 2 unspecified atom stereocenters. The van der Waals surface area contributed by atoms with E-state index in [1.165, 1.54) is 0 Å². The van der Waals surface area contributed by atoms with Gasteiger partial charge in [0.2, 0.25) is 0 Å². The summed E-state index contributed by atoms with van der Waals surface area (Å²) in [6.07, 6.45) is 3.00. The third kappa shape index (κ3) is 2.35. The molecule has 2 rings (SSSR count). The number of nitrogens with one attached hydrogen (secondary N) is 1. The topological polar surface area (TPSA) is 52.0 Å². The Morgan fingerprint density at radius 3 is 3.20 bits per heavy atom. The third-order valence-corrected chi connectivity index (χ3v) is 2.89. The summed E-state index contributed by atoms with van der Waals surface area (Å²) in [6, 6.07) is 0.451. The van der Waals surface area contributed by atoms with E-state index in [1.807, 2.05) is 4.68 Å². The minimum Gasteiger partial charge on any atom is -0.377 e. The Bertz CT molecular complexity index is 312. The molecule has 0 amide bonds. The first-order valence-corrected chi connectivity index (χ1v) is 5.53. The lowest BCUT2D eigenvalue weighted by Gasteiger charge is -2.15. The van der Waals surface area contributed by atoms with Crippen molar-refractivity contribution in [1.82, 2.24) is 20.1 Å². The lowest BCUT2D eigenvalue weighted by Crippen LogP contribution is -2.35. The molecule has 1 aromatic heterocycles. The first kappa shape index (κ1) is 10.6. The summed E-state index contributed by atoms with van der Waals surface area (Å²) in [5.74, 6) is 0.997. The largest absolute Gasteiger partial charge is 0.377 e. The highest BCUT2D eigenvalue weighted by Gasteiger charge is 2.23. The fourth-order valence-electron chi connectivity index (χ4n) is 1.91. The highest BCUT2D eigenvalue weighted by molar-refractivity contribution is 4.87. The molecule has 84 valence electrons. The molecular formula is C10H18N4O. The van der Waals surface area contributed by atoms with Crippen LogP contribution in [-0.4, -0.2) is 33.5 Å². The zero-order chi connectivity index (χ0) is 10.7. The Morgan fingerprint density at radius 2 is 2.53 bits per heavy atom. The van der Waals surface area contributed by atoms with Crippen LogP contribution in [0.2, 0.25) is 0 Å². The molecule has 0 spiro atoms. The van der Waals surface area contributed by atoms with Crippen LogP contribution in [0.5, 0.6) is 0 Å². The van der Waals surface area contributed by atoms with E-state index in [9.17, 15) is 0 Å². The van der Waals surface area contributed by atoms with Crippen molar-refractivity contribution in [3.05, 3.63) is 12.2 Å². The normalized spacial score (nSPS) is 26.0. The quantitative estimate of drug-likeness (QED) is 0.789. The number of aryl methyl sites for hydroxylation is 1. The average molecular weight is 210 g/mol. The van der Waals surface area contributed by atoms with Gasteiger partial charge >= 0.3 is 0 Å². The van der Waals surface area contributed by atoms with Gasteiger partial charge in [-0.1, -0.05) is 0 Å². The standard InChI is InChI=1S/C10H18N4O/c1-3-14-10(12-7-13-14)6-11-9-4-5-15-8(9)2/h7-9,11H,3-6H2,1-2H3. The van der Waals surface area contributed by atoms with Crippen LogP contribution in [0.4, 0.5) is 0 Å². The van der Waals surface area contributed by atoms with Crippen LogP contribution in [-0.2, 0) is 17.8 Å². The Hall–Kier alpha value is -0.940. The van der Waals surface area contributed by atoms with E-state index in [2.05, 4.69) is 29.2 Å². The molecule has 1 aliphatic heterocycles. The molecular weight excluding hydrogens is 192 g/mol. The average Bonchev–Trinajstić information content (AvgIpc) is 2.83. The van der Waals surface area contributed by atoms with Gasteiger partial charge in [0.15, 0.2) is 0 Å². The van der Waals surface area contributed by atoms with E-state index >= 15 is 0 Å². The monoisotopic (exact) mass is 210 g/mol. The van der Waals surface area contributed by atoms with Crippen molar-refractivity contribution < 1.29 is 4.74 Å². The first-order valence-electron chi connectivity index (χ1n) is 5.53. The van der Waals surface area contributed by atoms with E-state index in [0.717, 1.165) is 31.9 Å². The molecule has 0 radical (unpaired) electrons. The minimum atomic E-state index is 0.308. The molecule has 0 bridgehead atoms. The maximum absolute atomic E-state index is 5.49. The van der Waals surface area contributed by atoms with Crippen LogP contribution in [0.1, 0.15) is 26.1 Å². The number of hydrogen-bond acceptors (Lipinski definition) is 4. The molecule has 15 heavy (non-hydrogen) atoms. The number of aromatic nitrogens is 3. The molecule has 5 nitrogen and oxygen atoms in total. The van der Waals surface area contributed by atoms with Gasteiger partial charge in [0.05, 0.1) is 12.6 Å². The van der Waals surface area contributed by atoms with Gasteiger partial charge in [-0.05, 0) is 20.3 Å². The SMILES string of the molecule is CCn1ncnc1CNC1CCOC1C. The maximum Gasteiger partial charge on any atom is 0.140 e. The fraction of sp³-hybridized carbons (Fsp3) is 0.800. The number of hydrogen-bond donors (Lipinski definition) is 1. The van der Waals surface area contributed by atoms with Gasteiger partial charge < -0.3 is 10.1 Å². The summed E-state index contributed by atoms with van der Waals surface area (Å²) < 4.78 is 7.40. The van der Waals surface area contributed by atoms with E-state index < -0.39 is 0 Å². The zero-order valence-corrected chi connectivity index (χ0v) is 9.31. The van der Waals surface area contributed by atoms with Crippen molar-refractivity contribution in [1.29, 1.82) is 0 Å². The van der Waals surface area contributed by atoms with Crippen LogP contribution in [0.25, 0.3) is 0 Å². The molecule has 2 heterocycles. The third-order valence-electron chi connectivity index (χ3n) is 2.89. The van der Waals surface area contributed by atoms with Crippen molar-refractivity contribution in [3.8, 4) is 0 Å². The maximum atomic E-state index is 5.49. The summed E-state index contributed by atoms with van der Waals surface area (Å²) in [5.41, 5.74) is 0. The molecule has 2 atom stereocenters. The van der Waals surface area contributed by atoms with Gasteiger partial charge in [-0.2, -0.15) is 5.10 Å². The van der Waals surface area contributed by atoms with Crippen LogP contribution < -0.4 is 5.32 Å². The van der Waals surface area contributed by atoms with E-state index in [0.29, 0.717) is 12.1 Å². The minimum absolute atomic E-state index is 0.308. The van der Waals surface area contributed by atoms with Crippen LogP contribution in [0, 0.1) is 0 Å². The second-order valence-corrected chi connectivity index (χ2v) is 3.84. The van der Waals surface area contributed by atoms with Gasteiger partial charge in [0.25, 0.3) is 0 Å².